The number of piperidine rings is 1. The molecule has 2 heterocycles. The third-order valence-corrected chi connectivity index (χ3v) is 7.89. The van der Waals surface area contributed by atoms with Crippen LogP contribution in [0.15, 0.2) is 60.7 Å². The summed E-state index contributed by atoms with van der Waals surface area (Å²) in [6, 6.07) is 15.5. The highest BCUT2D eigenvalue weighted by Crippen LogP contribution is 2.30. The van der Waals surface area contributed by atoms with Crippen molar-refractivity contribution in [2.75, 3.05) is 39.8 Å². The Morgan fingerprint density at radius 2 is 1.78 bits per heavy atom. The third kappa shape index (κ3) is 7.25. The minimum Gasteiger partial charge on any atom is -0.341 e. The average Bonchev–Trinajstić information content (AvgIpc) is 2.89. The fourth-order valence-corrected chi connectivity index (χ4v) is 5.41. The quantitative estimate of drug-likeness (QED) is 0.410. The highest BCUT2D eigenvalue weighted by Gasteiger charge is 2.28. The fraction of sp³-hybridized carbons (Fsp3) is 0.429. The molecule has 194 valence electrons. The highest BCUT2D eigenvalue weighted by molar-refractivity contribution is 6.42. The minimum absolute atomic E-state index is 0. The van der Waals surface area contributed by atoms with Crippen LogP contribution in [0.2, 0.25) is 10.0 Å². The van der Waals surface area contributed by atoms with Gasteiger partial charge in [0.05, 0.1) is 10.0 Å². The lowest BCUT2D eigenvalue weighted by Crippen LogP contribution is -2.48. The molecule has 1 saturated heterocycles. The zero-order valence-corrected chi connectivity index (χ0v) is 22.9. The molecule has 2 aromatic carbocycles. The number of carbonyl (C=O) groups is 2. The molecular formula is C28H34Cl3N3O2. The Morgan fingerprint density at radius 1 is 1.06 bits per heavy atom. The molecule has 2 aliphatic rings. The number of hydrogen-bond acceptors (Lipinski definition) is 3. The van der Waals surface area contributed by atoms with Gasteiger partial charge in [-0.2, -0.15) is 0 Å². The van der Waals surface area contributed by atoms with Gasteiger partial charge in [0.1, 0.15) is 0 Å². The summed E-state index contributed by atoms with van der Waals surface area (Å²) < 4.78 is 0. The standard InChI is InChI=1S/C28H33Cl2N3O2.ClH/c1-31(28(35)21-7-3-2-4-8-21)20-23(22-10-11-25(29)26(30)19-22)12-16-32-17-13-24(14-18-32)33-15-6-5-9-27(33)34;/h2-5,7-11,19,23-24H,6,12-18,20H2,1H3;1H. The monoisotopic (exact) mass is 549 g/mol. The molecule has 8 heteroatoms. The number of benzene rings is 2. The highest BCUT2D eigenvalue weighted by atomic mass is 35.5. The molecule has 0 N–H and O–H groups in total. The average molecular weight is 551 g/mol. The molecule has 4 rings (SSSR count). The van der Waals surface area contributed by atoms with Crippen molar-refractivity contribution in [2.45, 2.75) is 37.6 Å². The molecule has 5 nitrogen and oxygen atoms in total. The Kier molecular flexibility index (Phi) is 10.7. The van der Waals surface area contributed by atoms with Crippen LogP contribution in [-0.4, -0.2) is 72.3 Å². The van der Waals surface area contributed by atoms with Gasteiger partial charge in [0.25, 0.3) is 5.91 Å². The predicted molar refractivity (Wildman–Crippen MR) is 149 cm³/mol. The van der Waals surface area contributed by atoms with Gasteiger partial charge in [-0.3, -0.25) is 9.59 Å². The van der Waals surface area contributed by atoms with E-state index >= 15 is 0 Å². The Bertz CT molecular complexity index is 1060. The first kappa shape index (κ1) is 28.5. The summed E-state index contributed by atoms with van der Waals surface area (Å²) in [6.07, 6.45) is 7.54. The Hall–Kier alpha value is -2.05. The molecule has 0 bridgehead atoms. The van der Waals surface area contributed by atoms with Crippen molar-refractivity contribution >= 4 is 47.4 Å². The van der Waals surface area contributed by atoms with Gasteiger partial charge >= 0.3 is 0 Å². The van der Waals surface area contributed by atoms with Crippen molar-refractivity contribution in [3.8, 4) is 0 Å². The van der Waals surface area contributed by atoms with Crippen LogP contribution in [-0.2, 0) is 4.79 Å². The molecule has 0 aliphatic carbocycles. The van der Waals surface area contributed by atoms with Crippen molar-refractivity contribution in [3.63, 3.8) is 0 Å². The van der Waals surface area contributed by atoms with Crippen LogP contribution in [0.3, 0.4) is 0 Å². The second kappa shape index (κ2) is 13.5. The molecule has 1 unspecified atom stereocenters. The maximum atomic E-state index is 13.0. The fourth-order valence-electron chi connectivity index (χ4n) is 5.10. The van der Waals surface area contributed by atoms with Crippen molar-refractivity contribution in [3.05, 3.63) is 81.9 Å². The number of amides is 2. The van der Waals surface area contributed by atoms with E-state index in [1.165, 1.54) is 0 Å². The first-order chi connectivity index (χ1) is 16.9. The zero-order valence-electron chi connectivity index (χ0n) is 20.6. The number of likely N-dealkylation sites (tertiary alicyclic amines) is 1. The first-order valence-corrected chi connectivity index (χ1v) is 13.1. The Balaban J connectivity index is 0.00000361. The summed E-state index contributed by atoms with van der Waals surface area (Å²) >= 11 is 12.5. The minimum atomic E-state index is 0. The van der Waals surface area contributed by atoms with E-state index in [2.05, 4.69) is 4.90 Å². The molecule has 2 aromatic rings. The van der Waals surface area contributed by atoms with E-state index in [9.17, 15) is 9.59 Å². The normalized spacial score (nSPS) is 17.5. The summed E-state index contributed by atoms with van der Waals surface area (Å²) in [4.78, 5) is 31.5. The molecule has 0 saturated carbocycles. The van der Waals surface area contributed by atoms with E-state index in [0.717, 1.165) is 57.4 Å². The number of carbonyl (C=O) groups excluding carboxylic acids is 2. The van der Waals surface area contributed by atoms with E-state index in [-0.39, 0.29) is 30.1 Å². The smallest absolute Gasteiger partial charge is 0.253 e. The number of likely N-dealkylation sites (N-methyl/N-ethyl adjacent to an activating group) is 1. The van der Waals surface area contributed by atoms with Gasteiger partial charge in [0.2, 0.25) is 5.91 Å². The lowest BCUT2D eigenvalue weighted by atomic mass is 9.93. The molecular weight excluding hydrogens is 517 g/mol. The molecule has 0 radical (unpaired) electrons. The van der Waals surface area contributed by atoms with E-state index in [0.29, 0.717) is 28.2 Å². The molecule has 1 atom stereocenters. The second-order valence-corrected chi connectivity index (χ2v) is 10.3. The van der Waals surface area contributed by atoms with Crippen molar-refractivity contribution in [1.82, 2.24) is 14.7 Å². The number of nitrogens with zero attached hydrogens (tertiary/aromatic N) is 3. The van der Waals surface area contributed by atoms with Crippen molar-refractivity contribution in [1.29, 1.82) is 0 Å². The van der Waals surface area contributed by atoms with Crippen molar-refractivity contribution < 1.29 is 9.59 Å². The van der Waals surface area contributed by atoms with E-state index in [1.807, 2.05) is 66.6 Å². The third-order valence-electron chi connectivity index (χ3n) is 7.15. The second-order valence-electron chi connectivity index (χ2n) is 9.51. The van der Waals surface area contributed by atoms with Crippen LogP contribution in [0.1, 0.15) is 47.5 Å². The lowest BCUT2D eigenvalue weighted by Gasteiger charge is -2.39. The maximum Gasteiger partial charge on any atom is 0.253 e. The van der Waals surface area contributed by atoms with Crippen LogP contribution in [0, 0.1) is 0 Å². The SMILES string of the molecule is CN(CC(CCN1CCC(N2CCC=CC2=O)CC1)c1ccc(Cl)c(Cl)c1)C(=O)c1ccccc1.Cl. The summed E-state index contributed by atoms with van der Waals surface area (Å²) in [7, 11) is 1.86. The molecule has 0 spiro atoms. The van der Waals surface area contributed by atoms with Crippen LogP contribution in [0.5, 0.6) is 0 Å². The molecule has 1 fully saturated rings. The lowest BCUT2D eigenvalue weighted by molar-refractivity contribution is -0.129. The Labute approximate surface area is 230 Å². The van der Waals surface area contributed by atoms with E-state index in [1.54, 1.807) is 11.0 Å². The summed E-state index contributed by atoms with van der Waals surface area (Å²) in [6.45, 7) is 4.31. The largest absolute Gasteiger partial charge is 0.341 e. The van der Waals surface area contributed by atoms with Gasteiger partial charge in [-0.05, 0) is 68.1 Å². The van der Waals surface area contributed by atoms with Crippen molar-refractivity contribution in [2.24, 2.45) is 0 Å². The van der Waals surface area contributed by atoms with Crippen LogP contribution in [0.25, 0.3) is 0 Å². The van der Waals surface area contributed by atoms with Gasteiger partial charge in [-0.15, -0.1) is 12.4 Å². The number of halogens is 3. The predicted octanol–water partition coefficient (Wildman–Crippen LogP) is 5.91. The molecule has 0 aromatic heterocycles. The van der Waals surface area contributed by atoms with Gasteiger partial charge < -0.3 is 14.7 Å². The summed E-state index contributed by atoms with van der Waals surface area (Å²) in [5.41, 5.74) is 1.78. The number of rotatable bonds is 8. The summed E-state index contributed by atoms with van der Waals surface area (Å²) in [5.74, 6) is 0.297. The molecule has 2 amide bonds. The van der Waals surface area contributed by atoms with E-state index in [4.69, 9.17) is 23.2 Å². The molecule has 2 aliphatic heterocycles. The number of hydrogen-bond donors (Lipinski definition) is 0. The maximum absolute atomic E-state index is 13.0. The zero-order chi connectivity index (χ0) is 24.8. The Morgan fingerprint density at radius 3 is 2.44 bits per heavy atom. The van der Waals surface area contributed by atoms with E-state index < -0.39 is 0 Å². The van der Waals surface area contributed by atoms with Crippen LogP contribution in [0.4, 0.5) is 0 Å². The first-order valence-electron chi connectivity index (χ1n) is 12.4. The van der Waals surface area contributed by atoms with Gasteiger partial charge in [-0.1, -0.05) is 53.5 Å². The van der Waals surface area contributed by atoms with Gasteiger partial charge in [-0.25, -0.2) is 0 Å². The molecule has 36 heavy (non-hydrogen) atoms. The van der Waals surface area contributed by atoms with Gasteiger partial charge in [0, 0.05) is 50.7 Å². The van der Waals surface area contributed by atoms with Crippen LogP contribution < -0.4 is 0 Å². The van der Waals surface area contributed by atoms with Crippen LogP contribution >= 0.6 is 35.6 Å². The summed E-state index contributed by atoms with van der Waals surface area (Å²) in [5, 5.41) is 1.07. The topological polar surface area (TPSA) is 43.9 Å². The van der Waals surface area contributed by atoms with Gasteiger partial charge in [0.15, 0.2) is 0 Å².